The number of nitrogens with zero attached hydrogens (tertiary/aromatic N) is 2. The van der Waals surface area contributed by atoms with Crippen LogP contribution in [0, 0.1) is 13.8 Å². The molecule has 19 heavy (non-hydrogen) atoms. The summed E-state index contributed by atoms with van der Waals surface area (Å²) in [5.41, 5.74) is 5.55. The summed E-state index contributed by atoms with van der Waals surface area (Å²) in [6, 6.07) is 4.60. The first-order valence-electron chi connectivity index (χ1n) is 7.00. The van der Waals surface area contributed by atoms with E-state index in [9.17, 15) is 0 Å². The van der Waals surface area contributed by atoms with Crippen LogP contribution in [0.15, 0.2) is 12.1 Å². The van der Waals surface area contributed by atoms with Crippen molar-refractivity contribution >= 4 is 22.8 Å². The first-order valence-corrected chi connectivity index (χ1v) is 7.41. The SMILES string of the molecule is CC(=S)Cc1cc(C)c(N2CCN(C)CC2)c(C)c1. The first kappa shape index (κ1) is 14.5. The fraction of sp³-hybridized carbons (Fsp3) is 0.562. The van der Waals surface area contributed by atoms with E-state index in [-0.39, 0.29) is 0 Å². The van der Waals surface area contributed by atoms with Crippen LogP contribution in [0.3, 0.4) is 0 Å². The van der Waals surface area contributed by atoms with Crippen LogP contribution < -0.4 is 4.90 Å². The number of hydrogen-bond donors (Lipinski definition) is 0. The van der Waals surface area contributed by atoms with E-state index in [0.717, 1.165) is 37.5 Å². The van der Waals surface area contributed by atoms with Gasteiger partial charge >= 0.3 is 0 Å². The van der Waals surface area contributed by atoms with Crippen molar-refractivity contribution < 1.29 is 0 Å². The molecule has 1 fully saturated rings. The van der Waals surface area contributed by atoms with Gasteiger partial charge in [0.05, 0.1) is 0 Å². The summed E-state index contributed by atoms with van der Waals surface area (Å²) in [5, 5.41) is 0. The van der Waals surface area contributed by atoms with E-state index in [1.807, 2.05) is 6.92 Å². The van der Waals surface area contributed by atoms with Crippen molar-refractivity contribution in [1.29, 1.82) is 0 Å². The van der Waals surface area contributed by atoms with Gasteiger partial charge in [0.1, 0.15) is 0 Å². The summed E-state index contributed by atoms with van der Waals surface area (Å²) in [5.74, 6) is 0. The molecule has 0 N–H and O–H groups in total. The Morgan fingerprint density at radius 2 is 1.63 bits per heavy atom. The van der Waals surface area contributed by atoms with Crippen molar-refractivity contribution in [3.63, 3.8) is 0 Å². The molecule has 0 amide bonds. The maximum absolute atomic E-state index is 5.22. The van der Waals surface area contributed by atoms with Gasteiger partial charge in [-0.1, -0.05) is 24.4 Å². The van der Waals surface area contributed by atoms with Gasteiger partial charge in [-0.3, -0.25) is 0 Å². The number of hydrogen-bond acceptors (Lipinski definition) is 3. The van der Waals surface area contributed by atoms with Crippen LogP contribution in [0.2, 0.25) is 0 Å². The summed E-state index contributed by atoms with van der Waals surface area (Å²) in [6.45, 7) is 11.0. The highest BCUT2D eigenvalue weighted by molar-refractivity contribution is 7.80. The second kappa shape index (κ2) is 6.02. The molecule has 0 atom stereocenters. The van der Waals surface area contributed by atoms with Crippen LogP contribution in [-0.2, 0) is 6.42 Å². The third-order valence-electron chi connectivity index (χ3n) is 3.82. The van der Waals surface area contributed by atoms with Gasteiger partial charge in [-0.2, -0.15) is 0 Å². The molecule has 0 unspecified atom stereocenters. The number of piperazine rings is 1. The molecule has 0 bridgehead atoms. The lowest BCUT2D eigenvalue weighted by Gasteiger charge is -2.36. The lowest BCUT2D eigenvalue weighted by molar-refractivity contribution is 0.312. The van der Waals surface area contributed by atoms with Crippen molar-refractivity contribution in [2.75, 3.05) is 38.1 Å². The number of aryl methyl sites for hydroxylation is 2. The average molecular weight is 276 g/mol. The zero-order valence-electron chi connectivity index (χ0n) is 12.5. The number of benzene rings is 1. The Bertz CT molecular complexity index is 451. The van der Waals surface area contributed by atoms with Gasteiger partial charge in [-0.05, 0) is 49.4 Å². The summed E-state index contributed by atoms with van der Waals surface area (Å²) in [6.07, 6.45) is 0.917. The van der Waals surface area contributed by atoms with Gasteiger partial charge < -0.3 is 9.80 Å². The minimum absolute atomic E-state index is 0.917. The summed E-state index contributed by atoms with van der Waals surface area (Å²) in [7, 11) is 2.20. The Kier molecular flexibility index (Phi) is 4.58. The van der Waals surface area contributed by atoms with Crippen LogP contribution in [-0.4, -0.2) is 43.0 Å². The maximum atomic E-state index is 5.22. The standard InChI is InChI=1S/C16H24N2S/c1-12-9-15(11-14(3)19)10-13(2)16(12)18-7-5-17(4)6-8-18/h9-10H,5-8,11H2,1-4H3. The summed E-state index contributed by atoms with van der Waals surface area (Å²) >= 11 is 5.22. The number of likely N-dealkylation sites (N-methyl/N-ethyl adjacent to an activating group) is 1. The molecule has 104 valence electrons. The van der Waals surface area contributed by atoms with Crippen molar-refractivity contribution in [2.45, 2.75) is 27.2 Å². The second-order valence-electron chi connectivity index (χ2n) is 5.75. The first-order chi connectivity index (χ1) is 8.97. The lowest BCUT2D eigenvalue weighted by atomic mass is 10.00. The summed E-state index contributed by atoms with van der Waals surface area (Å²) < 4.78 is 0. The third-order valence-corrected chi connectivity index (χ3v) is 3.97. The predicted octanol–water partition coefficient (Wildman–Crippen LogP) is 2.99. The molecule has 2 nitrogen and oxygen atoms in total. The monoisotopic (exact) mass is 276 g/mol. The van der Waals surface area contributed by atoms with E-state index >= 15 is 0 Å². The van der Waals surface area contributed by atoms with Gasteiger partial charge in [0.15, 0.2) is 0 Å². The normalized spacial score (nSPS) is 16.7. The zero-order chi connectivity index (χ0) is 14.0. The molecule has 1 aromatic rings. The van der Waals surface area contributed by atoms with Crippen molar-refractivity contribution in [3.8, 4) is 0 Å². The Hall–Kier alpha value is -0.930. The Morgan fingerprint density at radius 3 is 2.11 bits per heavy atom. The van der Waals surface area contributed by atoms with E-state index in [1.54, 1.807) is 0 Å². The second-order valence-corrected chi connectivity index (χ2v) is 6.44. The minimum Gasteiger partial charge on any atom is -0.369 e. The van der Waals surface area contributed by atoms with Crippen molar-refractivity contribution in [2.24, 2.45) is 0 Å². The Morgan fingerprint density at radius 1 is 1.11 bits per heavy atom. The lowest BCUT2D eigenvalue weighted by Crippen LogP contribution is -2.45. The third kappa shape index (κ3) is 3.54. The summed E-state index contributed by atoms with van der Waals surface area (Å²) in [4.78, 5) is 5.98. The van der Waals surface area contributed by atoms with Crippen LogP contribution >= 0.6 is 12.2 Å². The van der Waals surface area contributed by atoms with Gasteiger partial charge in [-0.25, -0.2) is 0 Å². The molecule has 0 radical (unpaired) electrons. The topological polar surface area (TPSA) is 6.48 Å². The quantitative estimate of drug-likeness (QED) is 0.784. The number of anilines is 1. The highest BCUT2D eigenvalue weighted by atomic mass is 32.1. The zero-order valence-corrected chi connectivity index (χ0v) is 13.3. The van der Waals surface area contributed by atoms with Gasteiger partial charge in [-0.15, -0.1) is 0 Å². The number of rotatable bonds is 3. The van der Waals surface area contributed by atoms with Gasteiger partial charge in [0.2, 0.25) is 0 Å². The van der Waals surface area contributed by atoms with Crippen LogP contribution in [0.25, 0.3) is 0 Å². The molecule has 1 aliphatic rings. The molecule has 0 spiro atoms. The molecule has 1 saturated heterocycles. The maximum Gasteiger partial charge on any atom is 0.0426 e. The molecule has 1 aliphatic heterocycles. The molecule has 3 heteroatoms. The predicted molar refractivity (Wildman–Crippen MR) is 87.6 cm³/mol. The fourth-order valence-electron chi connectivity index (χ4n) is 2.96. The van der Waals surface area contributed by atoms with Crippen LogP contribution in [0.5, 0.6) is 0 Å². The van der Waals surface area contributed by atoms with Crippen LogP contribution in [0.1, 0.15) is 23.6 Å². The van der Waals surface area contributed by atoms with Crippen molar-refractivity contribution in [1.82, 2.24) is 4.90 Å². The van der Waals surface area contributed by atoms with Gasteiger partial charge in [0.25, 0.3) is 0 Å². The molecular formula is C16H24N2S. The molecule has 1 aromatic carbocycles. The molecule has 0 aromatic heterocycles. The van der Waals surface area contributed by atoms with Crippen LogP contribution in [0.4, 0.5) is 5.69 Å². The Balaban J connectivity index is 2.24. The molecule has 0 aliphatic carbocycles. The Labute approximate surface area is 122 Å². The fourth-order valence-corrected chi connectivity index (χ4v) is 3.13. The van der Waals surface area contributed by atoms with E-state index in [4.69, 9.17) is 12.2 Å². The van der Waals surface area contributed by atoms with Crippen molar-refractivity contribution in [3.05, 3.63) is 28.8 Å². The van der Waals surface area contributed by atoms with E-state index in [0.29, 0.717) is 0 Å². The highest BCUT2D eigenvalue weighted by Gasteiger charge is 2.18. The number of thiocarbonyl (C=S) groups is 1. The van der Waals surface area contributed by atoms with E-state index in [1.165, 1.54) is 22.4 Å². The van der Waals surface area contributed by atoms with E-state index in [2.05, 4.69) is 42.8 Å². The molecule has 2 rings (SSSR count). The molecule has 1 heterocycles. The molecular weight excluding hydrogens is 252 g/mol. The molecule has 0 saturated carbocycles. The largest absolute Gasteiger partial charge is 0.369 e. The average Bonchev–Trinajstić information content (AvgIpc) is 2.29. The van der Waals surface area contributed by atoms with Gasteiger partial charge in [0, 0.05) is 38.3 Å². The minimum atomic E-state index is 0.917. The highest BCUT2D eigenvalue weighted by Crippen LogP contribution is 2.27. The smallest absolute Gasteiger partial charge is 0.0426 e. The van der Waals surface area contributed by atoms with E-state index < -0.39 is 0 Å².